The predicted octanol–water partition coefficient (Wildman–Crippen LogP) is -1.13. The van der Waals surface area contributed by atoms with Gasteiger partial charge in [-0.1, -0.05) is 0 Å². The number of amides is 3. The monoisotopic (exact) mass is 349 g/mol. The third-order valence-electron chi connectivity index (χ3n) is 3.40. The maximum absolute atomic E-state index is 12.6. The first kappa shape index (κ1) is 17.7. The molecule has 1 aliphatic heterocycles. The highest BCUT2D eigenvalue weighted by Crippen LogP contribution is 2.25. The highest BCUT2D eigenvalue weighted by molar-refractivity contribution is 6.04. The van der Waals surface area contributed by atoms with Crippen LogP contribution in [0.15, 0.2) is 4.79 Å². The molecule has 12 heteroatoms. The Morgan fingerprint density at radius 3 is 2.29 bits per heavy atom. The summed E-state index contributed by atoms with van der Waals surface area (Å²) < 4.78 is 38.8. The molecule has 0 atom stereocenters. The molecule has 0 bridgehead atoms. The third-order valence-corrected chi connectivity index (χ3v) is 3.40. The van der Waals surface area contributed by atoms with Gasteiger partial charge in [0, 0.05) is 26.4 Å². The number of carbonyl (C=O) groups is 3. The summed E-state index contributed by atoms with van der Waals surface area (Å²) in [6.07, 6.45) is -4.66. The van der Waals surface area contributed by atoms with Crippen LogP contribution in [0.5, 0.6) is 0 Å². The van der Waals surface area contributed by atoms with E-state index in [0.29, 0.717) is 9.25 Å². The van der Waals surface area contributed by atoms with Crippen LogP contribution in [0.25, 0.3) is 0 Å². The lowest BCUT2D eigenvalue weighted by atomic mass is 10.4. The van der Waals surface area contributed by atoms with E-state index in [1.165, 1.54) is 0 Å². The van der Waals surface area contributed by atoms with Crippen molar-refractivity contribution in [2.75, 3.05) is 13.1 Å². The van der Waals surface area contributed by atoms with E-state index in [9.17, 15) is 32.3 Å². The summed E-state index contributed by atoms with van der Waals surface area (Å²) in [6.45, 7) is -0.914. The molecule has 2 heterocycles. The number of alkyl halides is 3. The van der Waals surface area contributed by atoms with Gasteiger partial charge in [-0.05, 0) is 0 Å². The van der Waals surface area contributed by atoms with Crippen LogP contribution in [0.4, 0.5) is 13.2 Å². The molecule has 1 fully saturated rings. The molecule has 0 radical (unpaired) electrons. The van der Waals surface area contributed by atoms with E-state index in [-0.39, 0.29) is 25.9 Å². The summed E-state index contributed by atoms with van der Waals surface area (Å²) in [7, 11) is 0.942. The van der Waals surface area contributed by atoms with Crippen LogP contribution in [0.2, 0.25) is 0 Å². The summed E-state index contributed by atoms with van der Waals surface area (Å²) >= 11 is 0. The number of rotatable bonds is 5. The molecule has 9 nitrogen and oxygen atoms in total. The van der Waals surface area contributed by atoms with Gasteiger partial charge >= 0.3 is 11.9 Å². The van der Waals surface area contributed by atoms with Gasteiger partial charge in [0.05, 0.1) is 6.54 Å². The van der Waals surface area contributed by atoms with Crippen LogP contribution in [0, 0.1) is 0 Å². The topological polar surface area (TPSA) is 106 Å². The molecule has 3 amide bonds. The Hall–Kier alpha value is -2.66. The minimum atomic E-state index is -4.76. The number of hydrogen-bond acceptors (Lipinski definition) is 5. The lowest BCUT2D eigenvalue weighted by Crippen LogP contribution is -2.41. The summed E-state index contributed by atoms with van der Waals surface area (Å²) in [6, 6.07) is 0. The molecule has 0 aromatic carbocycles. The van der Waals surface area contributed by atoms with Crippen LogP contribution in [-0.4, -0.2) is 50.1 Å². The Morgan fingerprint density at radius 1 is 1.21 bits per heavy atom. The van der Waals surface area contributed by atoms with E-state index in [0.717, 1.165) is 11.9 Å². The zero-order valence-electron chi connectivity index (χ0n) is 12.6. The van der Waals surface area contributed by atoms with E-state index in [1.54, 1.807) is 0 Å². The highest BCUT2D eigenvalue weighted by Gasteiger charge is 2.38. The predicted molar refractivity (Wildman–Crippen MR) is 71.4 cm³/mol. The number of aromatic nitrogens is 3. The molecule has 0 aliphatic carbocycles. The molecule has 132 valence electrons. The van der Waals surface area contributed by atoms with Gasteiger partial charge in [-0.15, -0.1) is 5.10 Å². The first-order valence-corrected chi connectivity index (χ1v) is 6.92. The van der Waals surface area contributed by atoms with Gasteiger partial charge in [-0.2, -0.15) is 13.2 Å². The lowest BCUT2D eigenvalue weighted by molar-refractivity contribution is -0.147. The summed E-state index contributed by atoms with van der Waals surface area (Å²) in [4.78, 5) is 46.8. The van der Waals surface area contributed by atoms with E-state index in [4.69, 9.17) is 0 Å². The molecule has 1 N–H and O–H groups in total. The smallest absolute Gasteiger partial charge is 0.353 e. The van der Waals surface area contributed by atoms with Crippen LogP contribution in [-0.2, 0) is 34.2 Å². The molecule has 1 saturated heterocycles. The minimum Gasteiger partial charge on any atom is -0.353 e. The van der Waals surface area contributed by atoms with Crippen molar-refractivity contribution in [2.24, 2.45) is 7.05 Å². The summed E-state index contributed by atoms with van der Waals surface area (Å²) in [5.74, 6) is -2.90. The van der Waals surface area contributed by atoms with Crippen LogP contribution >= 0.6 is 0 Å². The second-order valence-corrected chi connectivity index (χ2v) is 5.11. The zero-order valence-corrected chi connectivity index (χ0v) is 12.6. The Kier molecular flexibility index (Phi) is 4.76. The van der Waals surface area contributed by atoms with Gasteiger partial charge in [-0.3, -0.25) is 23.9 Å². The van der Waals surface area contributed by atoms with Crippen molar-refractivity contribution >= 4 is 17.7 Å². The summed E-state index contributed by atoms with van der Waals surface area (Å²) in [5, 5.41) is 5.50. The van der Waals surface area contributed by atoms with Crippen molar-refractivity contribution in [2.45, 2.75) is 25.6 Å². The molecule has 24 heavy (non-hydrogen) atoms. The number of nitrogens with zero attached hydrogens (tertiary/aromatic N) is 4. The average molecular weight is 349 g/mol. The second-order valence-electron chi connectivity index (χ2n) is 5.11. The maximum Gasteiger partial charge on any atom is 0.451 e. The lowest BCUT2D eigenvalue weighted by Gasteiger charge is -2.13. The first-order chi connectivity index (χ1) is 11.1. The molecular formula is C12H14F3N5O4. The Balaban J connectivity index is 1.91. The Morgan fingerprint density at radius 2 is 1.79 bits per heavy atom. The van der Waals surface area contributed by atoms with E-state index < -0.39 is 42.0 Å². The molecule has 0 unspecified atom stereocenters. The van der Waals surface area contributed by atoms with E-state index in [2.05, 4.69) is 10.4 Å². The van der Waals surface area contributed by atoms with Crippen molar-refractivity contribution in [1.82, 2.24) is 24.6 Å². The zero-order chi connectivity index (χ0) is 18.1. The van der Waals surface area contributed by atoms with Crippen LogP contribution in [0.1, 0.15) is 18.7 Å². The van der Waals surface area contributed by atoms with Gasteiger partial charge in [-0.25, -0.2) is 9.48 Å². The van der Waals surface area contributed by atoms with Crippen molar-refractivity contribution < 1.29 is 27.6 Å². The first-order valence-electron chi connectivity index (χ1n) is 6.92. The second kappa shape index (κ2) is 6.45. The van der Waals surface area contributed by atoms with Gasteiger partial charge in [0.15, 0.2) is 0 Å². The number of halogens is 3. The quantitative estimate of drug-likeness (QED) is 0.677. The van der Waals surface area contributed by atoms with Gasteiger partial charge < -0.3 is 5.32 Å². The number of imide groups is 1. The van der Waals surface area contributed by atoms with Gasteiger partial charge in [0.25, 0.3) is 0 Å². The van der Waals surface area contributed by atoms with Crippen molar-refractivity contribution in [3.8, 4) is 0 Å². The fourth-order valence-corrected chi connectivity index (χ4v) is 2.18. The molecule has 1 aromatic rings. The number of nitrogens with one attached hydrogen (secondary N) is 1. The maximum atomic E-state index is 12.6. The molecule has 1 aliphatic rings. The molecule has 1 aromatic heterocycles. The highest BCUT2D eigenvalue weighted by atomic mass is 19.4. The third kappa shape index (κ3) is 3.63. The largest absolute Gasteiger partial charge is 0.451 e. The number of likely N-dealkylation sites (tertiary alicyclic amines) is 1. The number of hydrogen-bond donors (Lipinski definition) is 1. The van der Waals surface area contributed by atoms with Crippen LogP contribution in [0.3, 0.4) is 0 Å². The number of carbonyl (C=O) groups excluding carboxylic acids is 3. The Bertz CT molecular complexity index is 720. The molecular weight excluding hydrogens is 335 g/mol. The van der Waals surface area contributed by atoms with Gasteiger partial charge in [0.1, 0.15) is 6.54 Å². The SMILES string of the molecule is Cn1c(C(F)(F)F)nn(CCNC(=O)CN2C(=O)CCC2=O)c1=O. The minimum absolute atomic E-state index is 0.0513. The molecule has 0 spiro atoms. The van der Waals surface area contributed by atoms with Gasteiger partial charge in [0.2, 0.25) is 23.5 Å². The average Bonchev–Trinajstić information content (AvgIpc) is 2.94. The van der Waals surface area contributed by atoms with Crippen molar-refractivity contribution in [3.05, 3.63) is 16.3 Å². The van der Waals surface area contributed by atoms with Crippen LogP contribution < -0.4 is 11.0 Å². The fraction of sp³-hybridized carbons (Fsp3) is 0.583. The Labute approximate surface area is 133 Å². The standard InChI is InChI=1S/C12H14F3N5O4/c1-18-10(12(13,14)15)17-20(11(18)24)5-4-16-7(21)6-19-8(22)2-3-9(19)23/h2-6H2,1H3,(H,16,21). The molecule has 2 rings (SSSR count). The van der Waals surface area contributed by atoms with Crippen molar-refractivity contribution in [3.63, 3.8) is 0 Å². The normalized spacial score (nSPS) is 15.2. The fourth-order valence-electron chi connectivity index (χ4n) is 2.18. The summed E-state index contributed by atoms with van der Waals surface area (Å²) in [5.41, 5.74) is -0.971. The van der Waals surface area contributed by atoms with E-state index >= 15 is 0 Å². The van der Waals surface area contributed by atoms with Crippen molar-refractivity contribution in [1.29, 1.82) is 0 Å². The molecule has 0 saturated carbocycles. The van der Waals surface area contributed by atoms with E-state index in [1.807, 2.05) is 0 Å².